The van der Waals surface area contributed by atoms with Gasteiger partial charge in [0.25, 0.3) is 5.91 Å². The van der Waals surface area contributed by atoms with Gasteiger partial charge in [-0.05, 0) is 19.1 Å². The minimum atomic E-state index is -0.638. The van der Waals surface area contributed by atoms with E-state index in [1.807, 2.05) is 0 Å². The van der Waals surface area contributed by atoms with Crippen LogP contribution in [0.3, 0.4) is 0 Å². The van der Waals surface area contributed by atoms with Gasteiger partial charge in [0.05, 0.1) is 12.3 Å². The summed E-state index contributed by atoms with van der Waals surface area (Å²) in [5, 5.41) is 13.3. The molecule has 2 N–H and O–H groups in total. The topological polar surface area (TPSA) is 88.0 Å². The summed E-state index contributed by atoms with van der Waals surface area (Å²) in [4.78, 5) is 22.4. The van der Waals surface area contributed by atoms with Crippen molar-refractivity contribution in [3.8, 4) is 11.8 Å². The first-order valence-electron chi connectivity index (χ1n) is 5.43. The standard InChI is InChI=1S/C13H12N2O4/c1-2-19-13(17)8-7-10-5-3-4-6-11(10)15-12(16)9-14-18/h3-6,9,18H,2H2,1H3,(H,15,16). The molecule has 0 unspecified atom stereocenters. The van der Waals surface area contributed by atoms with Crippen LogP contribution in [0.25, 0.3) is 0 Å². The number of nitrogens with zero attached hydrogens (tertiary/aromatic N) is 1. The Hall–Kier alpha value is -2.81. The molecule has 0 radical (unpaired) electrons. The van der Waals surface area contributed by atoms with Gasteiger partial charge in [-0.3, -0.25) is 4.79 Å². The summed E-state index contributed by atoms with van der Waals surface area (Å²) in [7, 11) is 0. The van der Waals surface area contributed by atoms with Crippen LogP contribution in [-0.2, 0) is 14.3 Å². The van der Waals surface area contributed by atoms with Gasteiger partial charge >= 0.3 is 5.97 Å². The molecule has 0 aliphatic rings. The summed E-state index contributed by atoms with van der Waals surface area (Å²) < 4.78 is 4.67. The summed E-state index contributed by atoms with van der Waals surface area (Å²) in [6.45, 7) is 1.93. The third kappa shape index (κ3) is 4.91. The van der Waals surface area contributed by atoms with E-state index in [1.165, 1.54) is 0 Å². The number of ether oxygens (including phenoxy) is 1. The fourth-order valence-electron chi connectivity index (χ4n) is 1.20. The second-order valence-electron chi connectivity index (χ2n) is 3.25. The van der Waals surface area contributed by atoms with Crippen molar-refractivity contribution in [2.75, 3.05) is 11.9 Å². The highest BCUT2D eigenvalue weighted by atomic mass is 16.5. The monoisotopic (exact) mass is 260 g/mol. The van der Waals surface area contributed by atoms with E-state index < -0.39 is 11.9 Å². The van der Waals surface area contributed by atoms with Crippen LogP contribution in [-0.4, -0.2) is 29.9 Å². The van der Waals surface area contributed by atoms with Crippen molar-refractivity contribution in [2.45, 2.75) is 6.92 Å². The maximum Gasteiger partial charge on any atom is 0.384 e. The summed E-state index contributed by atoms with van der Waals surface area (Å²) in [5.74, 6) is 3.66. The van der Waals surface area contributed by atoms with E-state index in [1.54, 1.807) is 31.2 Å². The number of nitrogens with one attached hydrogen (secondary N) is 1. The third-order valence-electron chi connectivity index (χ3n) is 1.93. The van der Waals surface area contributed by atoms with Crippen molar-refractivity contribution in [1.82, 2.24) is 0 Å². The Morgan fingerprint density at radius 2 is 2.21 bits per heavy atom. The number of oxime groups is 1. The first-order chi connectivity index (χ1) is 9.17. The lowest BCUT2D eigenvalue weighted by Gasteiger charge is -2.03. The van der Waals surface area contributed by atoms with E-state index >= 15 is 0 Å². The van der Waals surface area contributed by atoms with E-state index in [2.05, 4.69) is 27.1 Å². The van der Waals surface area contributed by atoms with E-state index in [0.717, 1.165) is 6.21 Å². The lowest BCUT2D eigenvalue weighted by molar-refractivity contribution is -0.136. The second kappa shape index (κ2) is 7.50. The average molecular weight is 260 g/mol. The normalized spacial score (nSPS) is 9.53. The molecular formula is C13H12N2O4. The zero-order valence-electron chi connectivity index (χ0n) is 10.2. The minimum absolute atomic E-state index is 0.249. The zero-order valence-corrected chi connectivity index (χ0v) is 10.2. The number of carbonyl (C=O) groups excluding carboxylic acids is 2. The van der Waals surface area contributed by atoms with E-state index in [0.29, 0.717) is 11.3 Å². The number of anilines is 1. The minimum Gasteiger partial charge on any atom is -0.456 e. The molecule has 0 aliphatic heterocycles. The van der Waals surface area contributed by atoms with Crippen LogP contribution in [0, 0.1) is 11.8 Å². The Morgan fingerprint density at radius 3 is 2.89 bits per heavy atom. The van der Waals surface area contributed by atoms with Crippen LogP contribution < -0.4 is 5.32 Å². The molecule has 0 heterocycles. The Kier molecular flexibility index (Phi) is 5.63. The first-order valence-corrected chi connectivity index (χ1v) is 5.43. The van der Waals surface area contributed by atoms with Gasteiger partial charge in [-0.25, -0.2) is 4.79 Å². The summed E-state index contributed by atoms with van der Waals surface area (Å²) >= 11 is 0. The molecule has 19 heavy (non-hydrogen) atoms. The highest BCUT2D eigenvalue weighted by molar-refractivity contribution is 6.31. The molecule has 1 rings (SSSR count). The lowest BCUT2D eigenvalue weighted by Crippen LogP contribution is -2.13. The van der Waals surface area contributed by atoms with E-state index in [9.17, 15) is 9.59 Å². The van der Waals surface area contributed by atoms with Crippen molar-refractivity contribution < 1.29 is 19.5 Å². The Bertz CT molecular complexity index is 555. The summed E-state index contributed by atoms with van der Waals surface area (Å²) in [6.07, 6.45) is 0.718. The number of esters is 1. The number of hydrogen-bond donors (Lipinski definition) is 2. The molecular weight excluding hydrogens is 248 g/mol. The molecule has 1 aromatic carbocycles. The number of para-hydroxylation sites is 1. The lowest BCUT2D eigenvalue weighted by atomic mass is 10.2. The van der Waals surface area contributed by atoms with E-state index in [-0.39, 0.29) is 6.61 Å². The van der Waals surface area contributed by atoms with Crippen molar-refractivity contribution in [3.05, 3.63) is 29.8 Å². The van der Waals surface area contributed by atoms with Gasteiger partial charge in [0, 0.05) is 11.5 Å². The molecule has 1 aromatic rings. The molecule has 0 atom stereocenters. The molecule has 0 saturated carbocycles. The van der Waals surface area contributed by atoms with Crippen LogP contribution in [0.1, 0.15) is 12.5 Å². The van der Waals surface area contributed by atoms with Crippen molar-refractivity contribution in [2.24, 2.45) is 5.16 Å². The van der Waals surface area contributed by atoms with Crippen LogP contribution in [0.5, 0.6) is 0 Å². The van der Waals surface area contributed by atoms with Gasteiger partial charge in [0.15, 0.2) is 0 Å². The van der Waals surface area contributed by atoms with Crippen molar-refractivity contribution in [3.63, 3.8) is 0 Å². The van der Waals surface area contributed by atoms with Crippen LogP contribution in [0.2, 0.25) is 0 Å². The molecule has 0 bridgehead atoms. The predicted molar refractivity (Wildman–Crippen MR) is 68.9 cm³/mol. The molecule has 0 saturated heterocycles. The number of rotatable bonds is 3. The maximum atomic E-state index is 11.2. The Balaban J connectivity index is 2.90. The van der Waals surface area contributed by atoms with Gasteiger partial charge in [-0.15, -0.1) is 0 Å². The van der Waals surface area contributed by atoms with Gasteiger partial charge < -0.3 is 15.3 Å². The average Bonchev–Trinajstić information content (AvgIpc) is 2.38. The smallest absolute Gasteiger partial charge is 0.384 e. The van der Waals surface area contributed by atoms with Gasteiger partial charge in [0.2, 0.25) is 0 Å². The summed E-state index contributed by atoms with van der Waals surface area (Å²) in [6, 6.07) is 6.66. The van der Waals surface area contributed by atoms with Crippen molar-refractivity contribution in [1.29, 1.82) is 0 Å². The SMILES string of the molecule is CCOC(=O)C#Cc1ccccc1NC(=O)C=NO. The molecule has 0 spiro atoms. The largest absolute Gasteiger partial charge is 0.456 e. The predicted octanol–water partition coefficient (Wildman–Crippen LogP) is 1.000. The fraction of sp³-hybridized carbons (Fsp3) is 0.154. The first kappa shape index (κ1) is 14.3. The van der Waals surface area contributed by atoms with Gasteiger partial charge in [-0.2, -0.15) is 0 Å². The summed E-state index contributed by atoms with van der Waals surface area (Å²) in [5.41, 5.74) is 0.861. The molecule has 0 fully saturated rings. The van der Waals surface area contributed by atoms with Crippen LogP contribution in [0.4, 0.5) is 5.69 Å². The highest BCUT2D eigenvalue weighted by Gasteiger charge is 2.03. The Labute approximate surface area is 110 Å². The highest BCUT2D eigenvalue weighted by Crippen LogP contribution is 2.13. The van der Waals surface area contributed by atoms with E-state index in [4.69, 9.17) is 5.21 Å². The number of amides is 1. The number of hydrogen-bond acceptors (Lipinski definition) is 5. The fourth-order valence-corrected chi connectivity index (χ4v) is 1.20. The molecule has 0 aliphatic carbocycles. The second-order valence-corrected chi connectivity index (χ2v) is 3.25. The van der Waals surface area contributed by atoms with Crippen LogP contribution >= 0.6 is 0 Å². The van der Waals surface area contributed by atoms with Crippen LogP contribution in [0.15, 0.2) is 29.4 Å². The van der Waals surface area contributed by atoms with Gasteiger partial charge in [-0.1, -0.05) is 23.2 Å². The molecule has 0 aromatic heterocycles. The number of benzene rings is 1. The molecule has 98 valence electrons. The maximum absolute atomic E-state index is 11.2. The molecule has 6 nitrogen and oxygen atoms in total. The molecule has 1 amide bonds. The Morgan fingerprint density at radius 1 is 1.47 bits per heavy atom. The number of carbonyl (C=O) groups is 2. The third-order valence-corrected chi connectivity index (χ3v) is 1.93. The van der Waals surface area contributed by atoms with Crippen molar-refractivity contribution >= 4 is 23.8 Å². The zero-order chi connectivity index (χ0) is 14.1. The quantitative estimate of drug-likeness (QED) is 0.279. The molecule has 6 heteroatoms. The van der Waals surface area contributed by atoms with Gasteiger partial charge in [0.1, 0.15) is 6.21 Å².